The maximum absolute atomic E-state index is 8.85. The predicted octanol–water partition coefficient (Wildman–Crippen LogP) is 1.94. The summed E-state index contributed by atoms with van der Waals surface area (Å²) in [5.74, 6) is 3.72. The van der Waals surface area contributed by atoms with Crippen molar-refractivity contribution in [3.05, 3.63) is 18.2 Å². The Labute approximate surface area is 95.9 Å². The molecular formula is C11H20N2OS. The van der Waals surface area contributed by atoms with E-state index in [4.69, 9.17) is 5.11 Å². The van der Waals surface area contributed by atoms with Crippen LogP contribution in [0.4, 0.5) is 0 Å². The average molecular weight is 228 g/mol. The fraction of sp³-hybridized carbons (Fsp3) is 0.727. The number of aromatic nitrogens is 2. The van der Waals surface area contributed by atoms with Gasteiger partial charge in [-0.3, -0.25) is 0 Å². The third-order valence-electron chi connectivity index (χ3n) is 2.33. The normalized spacial score (nSPS) is 13.0. The first-order chi connectivity index (χ1) is 7.24. The maximum Gasteiger partial charge on any atom is 0.105 e. The van der Waals surface area contributed by atoms with Gasteiger partial charge >= 0.3 is 0 Å². The molecular weight excluding hydrogens is 208 g/mol. The molecule has 0 aromatic carbocycles. The summed E-state index contributed by atoms with van der Waals surface area (Å²) in [7, 11) is 0. The van der Waals surface area contributed by atoms with Crippen LogP contribution in [0, 0.1) is 12.8 Å². The third-order valence-corrected chi connectivity index (χ3v) is 3.71. The van der Waals surface area contributed by atoms with E-state index >= 15 is 0 Å². The molecule has 15 heavy (non-hydrogen) atoms. The van der Waals surface area contributed by atoms with Crippen molar-refractivity contribution in [1.82, 2.24) is 9.55 Å². The minimum atomic E-state index is 0.299. The smallest absolute Gasteiger partial charge is 0.105 e. The van der Waals surface area contributed by atoms with Crippen LogP contribution in [0.3, 0.4) is 0 Å². The van der Waals surface area contributed by atoms with Gasteiger partial charge in [0.25, 0.3) is 0 Å². The van der Waals surface area contributed by atoms with Crippen LogP contribution in [0.25, 0.3) is 0 Å². The zero-order valence-electron chi connectivity index (χ0n) is 9.52. The Bertz CT molecular complexity index is 275. The molecule has 0 amide bonds. The molecule has 1 unspecified atom stereocenters. The van der Waals surface area contributed by atoms with Crippen LogP contribution in [0.1, 0.15) is 19.2 Å². The second kappa shape index (κ2) is 6.90. The van der Waals surface area contributed by atoms with Gasteiger partial charge in [-0.2, -0.15) is 11.8 Å². The zero-order valence-corrected chi connectivity index (χ0v) is 10.3. The molecule has 3 nitrogen and oxygen atoms in total. The zero-order chi connectivity index (χ0) is 11.1. The van der Waals surface area contributed by atoms with E-state index < -0.39 is 0 Å². The Hall–Kier alpha value is -0.480. The second-order valence-electron chi connectivity index (χ2n) is 3.88. The van der Waals surface area contributed by atoms with Gasteiger partial charge in [0, 0.05) is 25.5 Å². The molecule has 0 bridgehead atoms. The highest BCUT2D eigenvalue weighted by atomic mass is 32.2. The minimum absolute atomic E-state index is 0.299. The van der Waals surface area contributed by atoms with Crippen molar-refractivity contribution in [2.75, 3.05) is 18.1 Å². The first-order valence-corrected chi connectivity index (χ1v) is 6.56. The van der Waals surface area contributed by atoms with Crippen molar-refractivity contribution in [3.8, 4) is 0 Å². The standard InChI is InChI=1S/C11H20N2OS/c1-10(8-14)9-15-7-3-5-13-6-4-12-11(13)2/h4,6,10,14H,3,5,7-9H2,1-2H3. The van der Waals surface area contributed by atoms with E-state index in [9.17, 15) is 0 Å². The van der Waals surface area contributed by atoms with Crippen molar-refractivity contribution >= 4 is 11.8 Å². The highest BCUT2D eigenvalue weighted by molar-refractivity contribution is 7.99. The molecule has 1 rings (SSSR count). The predicted molar refractivity (Wildman–Crippen MR) is 65.2 cm³/mol. The quantitative estimate of drug-likeness (QED) is 0.725. The fourth-order valence-electron chi connectivity index (χ4n) is 1.31. The lowest BCUT2D eigenvalue weighted by Gasteiger charge is -2.07. The highest BCUT2D eigenvalue weighted by Crippen LogP contribution is 2.10. The summed E-state index contributed by atoms with van der Waals surface area (Å²) in [6.07, 6.45) is 5.03. The number of thioether (sulfide) groups is 1. The van der Waals surface area contributed by atoms with E-state index in [1.165, 1.54) is 6.42 Å². The van der Waals surface area contributed by atoms with Gasteiger partial charge in [-0.05, 0) is 30.8 Å². The molecule has 0 saturated carbocycles. The number of nitrogens with zero attached hydrogens (tertiary/aromatic N) is 2. The maximum atomic E-state index is 8.85. The SMILES string of the molecule is Cc1nccn1CCCSCC(C)CO. The third kappa shape index (κ3) is 4.71. The molecule has 86 valence electrons. The number of aliphatic hydroxyl groups is 1. The first-order valence-electron chi connectivity index (χ1n) is 5.40. The fourth-order valence-corrected chi connectivity index (χ4v) is 2.32. The van der Waals surface area contributed by atoms with Crippen LogP contribution < -0.4 is 0 Å². The molecule has 1 atom stereocenters. The van der Waals surface area contributed by atoms with Gasteiger partial charge in [-0.25, -0.2) is 4.98 Å². The van der Waals surface area contributed by atoms with Crippen molar-refractivity contribution < 1.29 is 5.11 Å². The van der Waals surface area contributed by atoms with E-state index in [-0.39, 0.29) is 0 Å². The Morgan fingerprint density at radius 2 is 2.40 bits per heavy atom. The number of rotatable bonds is 7. The highest BCUT2D eigenvalue weighted by Gasteiger charge is 2.00. The summed E-state index contributed by atoms with van der Waals surface area (Å²) in [6.45, 7) is 5.45. The van der Waals surface area contributed by atoms with Crippen LogP contribution in [0.2, 0.25) is 0 Å². The van der Waals surface area contributed by atoms with E-state index in [0.29, 0.717) is 12.5 Å². The van der Waals surface area contributed by atoms with Gasteiger partial charge in [0.1, 0.15) is 5.82 Å². The molecule has 0 aliphatic rings. The van der Waals surface area contributed by atoms with Gasteiger partial charge in [-0.15, -0.1) is 0 Å². The van der Waals surface area contributed by atoms with Crippen molar-refractivity contribution in [1.29, 1.82) is 0 Å². The van der Waals surface area contributed by atoms with Crippen LogP contribution in [0.5, 0.6) is 0 Å². The number of hydrogen-bond donors (Lipinski definition) is 1. The second-order valence-corrected chi connectivity index (χ2v) is 5.03. The van der Waals surface area contributed by atoms with Crippen LogP contribution >= 0.6 is 11.8 Å². The molecule has 1 aromatic rings. The van der Waals surface area contributed by atoms with Crippen LogP contribution in [0.15, 0.2) is 12.4 Å². The molecule has 0 radical (unpaired) electrons. The Morgan fingerprint density at radius 3 is 3.00 bits per heavy atom. The molecule has 0 aliphatic carbocycles. The summed E-state index contributed by atoms with van der Waals surface area (Å²) >= 11 is 1.92. The summed E-state index contributed by atoms with van der Waals surface area (Å²) < 4.78 is 2.18. The molecule has 0 spiro atoms. The van der Waals surface area contributed by atoms with Gasteiger partial charge in [-0.1, -0.05) is 6.92 Å². The molecule has 1 aromatic heterocycles. The number of aryl methyl sites for hydroxylation is 2. The lowest BCUT2D eigenvalue weighted by Crippen LogP contribution is -2.05. The van der Waals surface area contributed by atoms with E-state index in [2.05, 4.69) is 16.5 Å². The van der Waals surface area contributed by atoms with Gasteiger partial charge < -0.3 is 9.67 Å². The lowest BCUT2D eigenvalue weighted by atomic mass is 10.2. The number of hydrogen-bond acceptors (Lipinski definition) is 3. The van der Waals surface area contributed by atoms with Crippen LogP contribution in [-0.2, 0) is 6.54 Å². The van der Waals surface area contributed by atoms with Gasteiger partial charge in [0.05, 0.1) is 0 Å². The molecule has 1 heterocycles. The molecule has 0 aliphatic heterocycles. The summed E-state index contributed by atoms with van der Waals surface area (Å²) in [5.41, 5.74) is 0. The van der Waals surface area contributed by atoms with Crippen molar-refractivity contribution in [3.63, 3.8) is 0 Å². The van der Waals surface area contributed by atoms with Gasteiger partial charge in [0.15, 0.2) is 0 Å². The Kier molecular flexibility index (Phi) is 5.79. The van der Waals surface area contributed by atoms with E-state index in [0.717, 1.165) is 23.9 Å². The van der Waals surface area contributed by atoms with Crippen molar-refractivity contribution in [2.24, 2.45) is 5.92 Å². The average Bonchev–Trinajstić information content (AvgIpc) is 2.63. The summed E-state index contributed by atoms with van der Waals surface area (Å²) in [6, 6.07) is 0. The summed E-state index contributed by atoms with van der Waals surface area (Å²) in [5, 5.41) is 8.85. The van der Waals surface area contributed by atoms with Crippen LogP contribution in [-0.4, -0.2) is 32.8 Å². The molecule has 0 fully saturated rings. The lowest BCUT2D eigenvalue weighted by molar-refractivity contribution is 0.250. The number of aliphatic hydroxyl groups excluding tert-OH is 1. The molecule has 4 heteroatoms. The Morgan fingerprint density at radius 1 is 1.60 bits per heavy atom. The first kappa shape index (κ1) is 12.6. The largest absolute Gasteiger partial charge is 0.396 e. The van der Waals surface area contributed by atoms with E-state index in [1.807, 2.05) is 31.1 Å². The minimum Gasteiger partial charge on any atom is -0.396 e. The topological polar surface area (TPSA) is 38.0 Å². The molecule has 0 saturated heterocycles. The number of imidazole rings is 1. The van der Waals surface area contributed by atoms with E-state index in [1.54, 1.807) is 0 Å². The van der Waals surface area contributed by atoms with Gasteiger partial charge in [0.2, 0.25) is 0 Å². The Balaban J connectivity index is 2.05. The van der Waals surface area contributed by atoms with Crippen molar-refractivity contribution in [2.45, 2.75) is 26.8 Å². The monoisotopic (exact) mass is 228 g/mol. The summed E-state index contributed by atoms with van der Waals surface area (Å²) in [4.78, 5) is 4.18. The molecule has 1 N–H and O–H groups in total.